The zero-order chi connectivity index (χ0) is 5.98. The molecule has 0 heteroatoms. The van der Waals surface area contributed by atoms with Gasteiger partial charge < -0.3 is 0 Å². The van der Waals surface area contributed by atoms with Crippen molar-refractivity contribution in [1.82, 2.24) is 0 Å². The van der Waals surface area contributed by atoms with Gasteiger partial charge in [-0.05, 0) is 31.4 Å². The average molecular weight is 106 g/mol. The van der Waals surface area contributed by atoms with Crippen LogP contribution in [-0.4, -0.2) is 0 Å². The van der Waals surface area contributed by atoms with E-state index in [1.807, 2.05) is 13.0 Å². The molecule has 0 N–H and O–H groups in total. The molecule has 0 radical (unpaired) electrons. The molecule has 0 aliphatic heterocycles. The molecule has 0 aromatic heterocycles. The molecule has 0 spiro atoms. The molecule has 0 bridgehead atoms. The Kier molecular flexibility index (Phi) is 1.36. The van der Waals surface area contributed by atoms with E-state index in [1.165, 1.54) is 18.4 Å². The van der Waals surface area contributed by atoms with Crippen LogP contribution in [0.2, 0.25) is 0 Å². The highest BCUT2D eigenvalue weighted by Gasteiger charge is 2.08. The van der Waals surface area contributed by atoms with E-state index in [9.17, 15) is 0 Å². The minimum absolute atomic E-state index is 1.09. The smallest absolute Gasteiger partial charge is 0.0177 e. The number of hydrogen-bond donors (Lipinski definition) is 0. The molecule has 1 aliphatic carbocycles. The lowest BCUT2D eigenvalue weighted by molar-refractivity contribution is 1.50. The van der Waals surface area contributed by atoms with Crippen LogP contribution in [0.1, 0.15) is 19.8 Å². The second kappa shape index (κ2) is 2.02. The maximum Gasteiger partial charge on any atom is -0.0177 e. The lowest BCUT2D eigenvalue weighted by atomic mass is 10.3. The standard InChI is InChI=1S/C8H10/c1-7(2)3-4-8-5-6-8/h3H,1,5-6H2,2H3. The molecule has 0 aromatic carbocycles. The topological polar surface area (TPSA) is 0 Å². The van der Waals surface area contributed by atoms with Crippen molar-refractivity contribution < 1.29 is 0 Å². The Morgan fingerprint density at radius 2 is 2.38 bits per heavy atom. The fraction of sp³-hybridized carbons (Fsp3) is 0.375. The minimum atomic E-state index is 1.09. The van der Waals surface area contributed by atoms with Gasteiger partial charge >= 0.3 is 0 Å². The first kappa shape index (κ1) is 5.40. The zero-order valence-corrected chi connectivity index (χ0v) is 5.20. The Morgan fingerprint density at radius 1 is 1.75 bits per heavy atom. The Balaban J connectivity index is 2.57. The fourth-order valence-corrected chi connectivity index (χ4v) is 0.432. The highest BCUT2D eigenvalue weighted by atomic mass is 14.1. The molecule has 0 aromatic rings. The largest absolute Gasteiger partial charge is 0.121 e. The summed E-state index contributed by atoms with van der Waals surface area (Å²) < 4.78 is 0. The second-order valence-corrected chi connectivity index (χ2v) is 2.24. The van der Waals surface area contributed by atoms with Gasteiger partial charge in [0.25, 0.3) is 0 Å². The van der Waals surface area contributed by atoms with Crippen molar-refractivity contribution >= 4 is 0 Å². The van der Waals surface area contributed by atoms with Gasteiger partial charge in [-0.15, -0.1) is 5.73 Å². The highest BCUT2D eigenvalue weighted by Crippen LogP contribution is 2.25. The second-order valence-electron chi connectivity index (χ2n) is 2.24. The molecule has 1 fully saturated rings. The summed E-state index contributed by atoms with van der Waals surface area (Å²) >= 11 is 0. The molecular formula is C8H10. The SMILES string of the molecule is C=C(C)C=C=C1CC1. The first-order valence-corrected chi connectivity index (χ1v) is 2.89. The molecule has 42 valence electrons. The van der Waals surface area contributed by atoms with Gasteiger partial charge in [-0.2, -0.15) is 0 Å². The molecule has 0 nitrogen and oxygen atoms in total. The monoisotopic (exact) mass is 106 g/mol. The lowest BCUT2D eigenvalue weighted by Crippen LogP contribution is -1.53. The summed E-state index contributed by atoms with van der Waals surface area (Å²) in [7, 11) is 0. The number of hydrogen-bond acceptors (Lipinski definition) is 0. The summed E-state index contributed by atoms with van der Waals surface area (Å²) in [6.45, 7) is 5.71. The maximum absolute atomic E-state index is 3.72. The number of rotatable bonds is 1. The van der Waals surface area contributed by atoms with Crippen LogP contribution < -0.4 is 0 Å². The van der Waals surface area contributed by atoms with Gasteiger partial charge in [-0.1, -0.05) is 12.2 Å². The van der Waals surface area contributed by atoms with E-state index in [0.717, 1.165) is 5.57 Å². The van der Waals surface area contributed by atoms with Crippen molar-refractivity contribution in [3.8, 4) is 0 Å². The molecule has 0 unspecified atom stereocenters. The van der Waals surface area contributed by atoms with Gasteiger partial charge in [-0.25, -0.2) is 0 Å². The third-order valence-electron chi connectivity index (χ3n) is 1.02. The van der Waals surface area contributed by atoms with E-state index in [4.69, 9.17) is 0 Å². The van der Waals surface area contributed by atoms with Gasteiger partial charge in [0.05, 0.1) is 0 Å². The van der Waals surface area contributed by atoms with Crippen LogP contribution in [0, 0.1) is 0 Å². The maximum atomic E-state index is 3.72. The summed E-state index contributed by atoms with van der Waals surface area (Å²) in [6.07, 6.45) is 4.45. The van der Waals surface area contributed by atoms with Crippen LogP contribution in [0.25, 0.3) is 0 Å². The van der Waals surface area contributed by atoms with Crippen LogP contribution >= 0.6 is 0 Å². The van der Waals surface area contributed by atoms with Gasteiger partial charge in [-0.3, -0.25) is 0 Å². The molecule has 0 amide bonds. The molecule has 1 saturated carbocycles. The lowest BCUT2D eigenvalue weighted by Gasteiger charge is -1.74. The highest BCUT2D eigenvalue weighted by molar-refractivity contribution is 5.20. The normalized spacial score (nSPS) is 14.9. The summed E-state index contributed by atoms with van der Waals surface area (Å²) in [5.74, 6) is 0. The van der Waals surface area contributed by atoms with E-state index in [2.05, 4.69) is 12.3 Å². The summed E-state index contributed by atoms with van der Waals surface area (Å²) in [4.78, 5) is 0. The van der Waals surface area contributed by atoms with Gasteiger partial charge in [0.15, 0.2) is 0 Å². The van der Waals surface area contributed by atoms with Crippen molar-refractivity contribution in [2.24, 2.45) is 0 Å². The molecule has 1 aliphatic rings. The average Bonchev–Trinajstić information content (AvgIpc) is 2.41. The van der Waals surface area contributed by atoms with Gasteiger partial charge in [0.2, 0.25) is 0 Å². The fourth-order valence-electron chi connectivity index (χ4n) is 0.432. The summed E-state index contributed by atoms with van der Waals surface area (Å²) in [5.41, 5.74) is 5.67. The van der Waals surface area contributed by atoms with E-state index in [-0.39, 0.29) is 0 Å². The van der Waals surface area contributed by atoms with Crippen molar-refractivity contribution in [3.63, 3.8) is 0 Å². The first-order valence-electron chi connectivity index (χ1n) is 2.89. The van der Waals surface area contributed by atoms with Gasteiger partial charge in [0.1, 0.15) is 0 Å². The Labute approximate surface area is 50.2 Å². The van der Waals surface area contributed by atoms with Gasteiger partial charge in [0, 0.05) is 0 Å². The quantitative estimate of drug-likeness (QED) is 0.356. The third-order valence-corrected chi connectivity index (χ3v) is 1.02. The Morgan fingerprint density at radius 3 is 2.75 bits per heavy atom. The van der Waals surface area contributed by atoms with Crippen molar-refractivity contribution in [3.05, 3.63) is 29.5 Å². The van der Waals surface area contributed by atoms with E-state index in [1.54, 1.807) is 0 Å². The van der Waals surface area contributed by atoms with E-state index in [0.29, 0.717) is 0 Å². The molecule has 8 heavy (non-hydrogen) atoms. The zero-order valence-electron chi connectivity index (χ0n) is 5.20. The number of allylic oxidation sites excluding steroid dienone is 2. The summed E-state index contributed by atoms with van der Waals surface area (Å²) in [6, 6.07) is 0. The van der Waals surface area contributed by atoms with Crippen LogP contribution in [-0.2, 0) is 0 Å². The van der Waals surface area contributed by atoms with Crippen LogP contribution in [0.4, 0.5) is 0 Å². The van der Waals surface area contributed by atoms with Crippen LogP contribution in [0.3, 0.4) is 0 Å². The molecule has 1 rings (SSSR count). The first-order chi connectivity index (χ1) is 3.79. The summed E-state index contributed by atoms with van der Waals surface area (Å²) in [5, 5.41) is 0. The molecule has 0 saturated heterocycles. The molecule has 0 atom stereocenters. The third kappa shape index (κ3) is 1.81. The van der Waals surface area contributed by atoms with Crippen molar-refractivity contribution in [2.45, 2.75) is 19.8 Å². The van der Waals surface area contributed by atoms with Crippen molar-refractivity contribution in [1.29, 1.82) is 0 Å². The van der Waals surface area contributed by atoms with Crippen molar-refractivity contribution in [2.75, 3.05) is 0 Å². The Bertz CT molecular complexity index is 160. The van der Waals surface area contributed by atoms with E-state index < -0.39 is 0 Å². The van der Waals surface area contributed by atoms with Crippen LogP contribution in [0.5, 0.6) is 0 Å². The van der Waals surface area contributed by atoms with E-state index >= 15 is 0 Å². The predicted molar refractivity (Wildman–Crippen MR) is 35.6 cm³/mol. The minimum Gasteiger partial charge on any atom is -0.121 e. The predicted octanol–water partition coefficient (Wildman–Crippen LogP) is 2.44. The molecule has 0 heterocycles. The van der Waals surface area contributed by atoms with Crippen LogP contribution in [0.15, 0.2) is 29.5 Å². The molecular weight excluding hydrogens is 96.1 g/mol. The Hall–Kier alpha value is -0.740.